The molecule has 0 amide bonds. The smallest absolute Gasteiger partial charge is 0.243 e. The van der Waals surface area contributed by atoms with Crippen molar-refractivity contribution in [1.82, 2.24) is 23.8 Å². The molecule has 0 N–H and O–H groups in total. The number of aldehydes is 1. The zero-order chi connectivity index (χ0) is 23.9. The maximum Gasteiger partial charge on any atom is 0.243 e. The van der Waals surface area contributed by atoms with E-state index in [1.165, 1.54) is 22.5 Å². The van der Waals surface area contributed by atoms with Crippen molar-refractivity contribution in [3.8, 4) is 11.5 Å². The third kappa shape index (κ3) is 3.98. The van der Waals surface area contributed by atoms with E-state index >= 15 is 0 Å². The molecular formula is C23H19Cl2N5O3S. The topological polar surface area (TPSA) is 98.1 Å². The van der Waals surface area contributed by atoms with Crippen molar-refractivity contribution in [1.29, 1.82) is 0 Å². The molecular weight excluding hydrogens is 497 g/mol. The maximum atomic E-state index is 13.2. The number of pyridine rings is 2. The van der Waals surface area contributed by atoms with Crippen LogP contribution in [0.3, 0.4) is 0 Å². The Labute approximate surface area is 206 Å². The Bertz CT molecular complexity index is 1500. The minimum Gasteiger partial charge on any atom is -0.304 e. The third-order valence-corrected chi connectivity index (χ3v) is 8.47. The van der Waals surface area contributed by atoms with Gasteiger partial charge in [0, 0.05) is 37.1 Å². The van der Waals surface area contributed by atoms with Crippen molar-refractivity contribution < 1.29 is 13.2 Å². The highest BCUT2D eigenvalue weighted by Gasteiger charge is 2.32. The number of imidazole rings is 1. The van der Waals surface area contributed by atoms with E-state index in [0.29, 0.717) is 54.4 Å². The first-order valence-electron chi connectivity index (χ1n) is 10.6. The van der Waals surface area contributed by atoms with Gasteiger partial charge in [-0.15, -0.1) is 0 Å². The van der Waals surface area contributed by atoms with Crippen LogP contribution in [0.4, 0.5) is 0 Å². The number of rotatable bonds is 5. The number of carbonyl (C=O) groups is 1. The average molecular weight is 516 g/mol. The highest BCUT2D eigenvalue weighted by molar-refractivity contribution is 7.89. The van der Waals surface area contributed by atoms with Gasteiger partial charge >= 0.3 is 0 Å². The van der Waals surface area contributed by atoms with Crippen molar-refractivity contribution in [3.63, 3.8) is 0 Å². The quantitative estimate of drug-likeness (QED) is 0.359. The zero-order valence-electron chi connectivity index (χ0n) is 17.8. The SMILES string of the molecule is O=Cc1ccc(S(=O)(=O)N2CCC(n3c(-c4ncccc4Cl)nc4cccnc43)CC2)cc1Cl. The number of halogens is 2. The standard InChI is InChI=1S/C23H19Cl2N5O3S/c24-18-3-1-9-26-21(18)23-28-20-4-2-10-27-22(20)30(23)16-7-11-29(12-8-16)34(32,33)17-6-5-15(14-31)19(25)13-17/h1-6,9-10,13-14,16H,7-8,11-12H2. The summed E-state index contributed by atoms with van der Waals surface area (Å²) in [6.07, 6.45) is 5.07. The Morgan fingerprint density at radius 3 is 2.41 bits per heavy atom. The van der Waals surface area contributed by atoms with Crippen molar-refractivity contribution in [2.75, 3.05) is 13.1 Å². The lowest BCUT2D eigenvalue weighted by Gasteiger charge is -2.32. The van der Waals surface area contributed by atoms with Gasteiger partial charge in [0.15, 0.2) is 17.8 Å². The fraction of sp³-hybridized carbons (Fsp3) is 0.217. The molecule has 0 atom stereocenters. The Morgan fingerprint density at radius 2 is 1.71 bits per heavy atom. The van der Waals surface area contributed by atoms with E-state index in [-0.39, 0.29) is 21.5 Å². The minimum absolute atomic E-state index is 0.0412. The first-order valence-corrected chi connectivity index (χ1v) is 12.8. The first kappa shape index (κ1) is 22.9. The number of sulfonamides is 1. The highest BCUT2D eigenvalue weighted by Crippen LogP contribution is 2.35. The molecule has 1 aromatic carbocycles. The van der Waals surface area contributed by atoms with Gasteiger partial charge in [-0.05, 0) is 55.3 Å². The fourth-order valence-corrected chi connectivity index (χ4v) is 6.24. The molecule has 1 aliphatic rings. The van der Waals surface area contributed by atoms with Crippen molar-refractivity contribution in [2.24, 2.45) is 0 Å². The lowest BCUT2D eigenvalue weighted by molar-refractivity contribution is 0.112. The highest BCUT2D eigenvalue weighted by atomic mass is 35.5. The van der Waals surface area contributed by atoms with Crippen LogP contribution in [0.15, 0.2) is 59.8 Å². The Kier molecular flexibility index (Phi) is 6.11. The largest absolute Gasteiger partial charge is 0.304 e. The summed E-state index contributed by atoms with van der Waals surface area (Å²) in [6, 6.07) is 11.3. The zero-order valence-corrected chi connectivity index (χ0v) is 20.1. The van der Waals surface area contributed by atoms with E-state index in [1.54, 1.807) is 24.5 Å². The monoisotopic (exact) mass is 515 g/mol. The van der Waals surface area contributed by atoms with Gasteiger partial charge in [0.2, 0.25) is 10.0 Å². The van der Waals surface area contributed by atoms with Crippen molar-refractivity contribution in [2.45, 2.75) is 23.8 Å². The van der Waals surface area contributed by atoms with Crippen LogP contribution in [-0.2, 0) is 10.0 Å². The number of hydrogen-bond donors (Lipinski definition) is 0. The van der Waals surface area contributed by atoms with Gasteiger partial charge < -0.3 is 4.57 Å². The first-order chi connectivity index (χ1) is 16.4. The third-order valence-electron chi connectivity index (χ3n) is 5.94. The molecule has 1 saturated heterocycles. The van der Waals surface area contributed by atoms with E-state index in [4.69, 9.17) is 28.2 Å². The number of nitrogens with zero attached hydrogens (tertiary/aromatic N) is 5. The van der Waals surface area contributed by atoms with E-state index in [2.05, 4.69) is 9.97 Å². The second-order valence-corrected chi connectivity index (χ2v) is 10.7. The van der Waals surface area contributed by atoms with E-state index in [0.717, 1.165) is 5.52 Å². The fourth-order valence-electron chi connectivity index (χ4n) is 4.25. The molecule has 0 bridgehead atoms. The van der Waals surface area contributed by atoms with E-state index in [1.807, 2.05) is 16.7 Å². The Morgan fingerprint density at radius 1 is 0.971 bits per heavy atom. The second-order valence-electron chi connectivity index (χ2n) is 7.92. The minimum atomic E-state index is -3.75. The summed E-state index contributed by atoms with van der Waals surface area (Å²) < 4.78 is 29.9. The molecule has 8 nitrogen and oxygen atoms in total. The normalized spacial score (nSPS) is 15.6. The molecule has 1 aliphatic heterocycles. The van der Waals surface area contributed by atoms with Gasteiger partial charge in [-0.25, -0.2) is 18.4 Å². The second kappa shape index (κ2) is 9.07. The molecule has 4 aromatic rings. The summed E-state index contributed by atoms with van der Waals surface area (Å²) in [4.78, 5) is 24.8. The Balaban J connectivity index is 1.46. The van der Waals surface area contributed by atoms with Crippen molar-refractivity contribution >= 4 is 50.7 Å². The summed E-state index contributed by atoms with van der Waals surface area (Å²) in [5.74, 6) is 0.608. The number of carbonyl (C=O) groups excluding carboxylic acids is 1. The molecule has 0 radical (unpaired) electrons. The van der Waals surface area contributed by atoms with Crippen LogP contribution in [0.25, 0.3) is 22.7 Å². The van der Waals surface area contributed by atoms with Crippen molar-refractivity contribution in [3.05, 3.63) is 70.5 Å². The van der Waals surface area contributed by atoms with Gasteiger partial charge in [-0.1, -0.05) is 23.2 Å². The van der Waals surface area contributed by atoms with Crippen LogP contribution >= 0.6 is 23.2 Å². The van der Waals surface area contributed by atoms with E-state index in [9.17, 15) is 13.2 Å². The average Bonchev–Trinajstić information content (AvgIpc) is 3.23. The number of piperidine rings is 1. The van der Waals surface area contributed by atoms with Crippen LogP contribution in [0.5, 0.6) is 0 Å². The van der Waals surface area contributed by atoms with Gasteiger partial charge in [0.05, 0.1) is 14.9 Å². The molecule has 0 aliphatic carbocycles. The molecule has 0 saturated carbocycles. The van der Waals surface area contributed by atoms with Gasteiger partial charge in [0.25, 0.3) is 0 Å². The van der Waals surface area contributed by atoms with Crippen LogP contribution in [0.2, 0.25) is 10.0 Å². The van der Waals surface area contributed by atoms with Crippen LogP contribution in [0.1, 0.15) is 29.2 Å². The number of fused-ring (bicyclic) bond motifs is 1. The van der Waals surface area contributed by atoms with E-state index < -0.39 is 10.0 Å². The molecule has 3 aromatic heterocycles. The Hall–Kier alpha value is -2.85. The molecule has 11 heteroatoms. The predicted molar refractivity (Wildman–Crippen MR) is 130 cm³/mol. The number of hydrogen-bond acceptors (Lipinski definition) is 6. The molecule has 0 spiro atoms. The summed E-state index contributed by atoms with van der Waals surface area (Å²) in [6.45, 7) is 0.615. The summed E-state index contributed by atoms with van der Waals surface area (Å²) in [5.41, 5.74) is 2.23. The summed E-state index contributed by atoms with van der Waals surface area (Å²) in [7, 11) is -3.75. The molecule has 4 heterocycles. The van der Waals surface area contributed by atoms with Crippen LogP contribution < -0.4 is 0 Å². The number of aromatic nitrogens is 4. The predicted octanol–water partition coefficient (Wildman–Crippen LogP) is 4.64. The van der Waals surface area contributed by atoms with Gasteiger partial charge in [0.1, 0.15) is 11.2 Å². The lowest BCUT2D eigenvalue weighted by atomic mass is 10.1. The van der Waals surface area contributed by atoms with Gasteiger partial charge in [-0.3, -0.25) is 9.78 Å². The molecule has 0 unspecified atom stereocenters. The molecule has 174 valence electrons. The molecule has 1 fully saturated rings. The van der Waals surface area contributed by atoms with Crippen LogP contribution in [-0.4, -0.2) is 51.6 Å². The molecule has 34 heavy (non-hydrogen) atoms. The number of benzene rings is 1. The van der Waals surface area contributed by atoms with Crippen LogP contribution in [0, 0.1) is 0 Å². The maximum absolute atomic E-state index is 13.2. The summed E-state index contributed by atoms with van der Waals surface area (Å²) >= 11 is 12.5. The molecule has 5 rings (SSSR count). The lowest BCUT2D eigenvalue weighted by Crippen LogP contribution is -2.39. The van der Waals surface area contributed by atoms with Gasteiger partial charge in [-0.2, -0.15) is 4.31 Å². The summed E-state index contributed by atoms with van der Waals surface area (Å²) in [5, 5.41) is 0.591.